The maximum atomic E-state index is 5.94. The first-order chi connectivity index (χ1) is 9.00. The maximum absolute atomic E-state index is 5.94. The van der Waals surface area contributed by atoms with Gasteiger partial charge in [0, 0.05) is 5.41 Å². The van der Waals surface area contributed by atoms with Crippen LogP contribution in [-0.4, -0.2) is 18.0 Å². The van der Waals surface area contributed by atoms with Crippen LogP contribution in [0.4, 0.5) is 0 Å². The predicted molar refractivity (Wildman–Crippen MR) is 81.2 cm³/mol. The molecule has 100 valence electrons. The number of ether oxygens (including phenoxy) is 1. The second kappa shape index (κ2) is 5.43. The van der Waals surface area contributed by atoms with Crippen LogP contribution in [0.3, 0.4) is 0 Å². The number of benzene rings is 1. The fourth-order valence-electron chi connectivity index (χ4n) is 1.92. The smallest absolute Gasteiger partial charge is 0.190 e. The van der Waals surface area contributed by atoms with Crippen LogP contribution in [0, 0.1) is 5.41 Å². The molecule has 2 atom stereocenters. The summed E-state index contributed by atoms with van der Waals surface area (Å²) in [5, 5.41) is 0. The molecule has 19 heavy (non-hydrogen) atoms. The van der Waals surface area contributed by atoms with E-state index in [1.807, 2.05) is 24.3 Å². The number of aliphatic imine (C=N–C) groups is 1. The highest BCUT2D eigenvalue weighted by atomic mass is 16.5. The van der Waals surface area contributed by atoms with Gasteiger partial charge in [0.25, 0.3) is 0 Å². The van der Waals surface area contributed by atoms with Gasteiger partial charge in [0.15, 0.2) is 5.90 Å². The largest absolute Gasteiger partial charge is 0.470 e. The molecule has 2 nitrogen and oxygen atoms in total. The Morgan fingerprint density at radius 2 is 1.89 bits per heavy atom. The number of hydrogen-bond donors (Lipinski definition) is 0. The zero-order valence-electron chi connectivity index (χ0n) is 11.8. The van der Waals surface area contributed by atoms with Gasteiger partial charge >= 0.3 is 0 Å². The van der Waals surface area contributed by atoms with Gasteiger partial charge in [-0.15, -0.1) is 6.58 Å². The molecule has 0 amide bonds. The second-order valence-electron chi connectivity index (χ2n) is 5.76. The van der Waals surface area contributed by atoms with Crippen molar-refractivity contribution in [3.05, 3.63) is 54.6 Å². The molecule has 0 radical (unpaired) electrons. The average Bonchev–Trinajstić information content (AvgIpc) is 2.81. The molecule has 1 aromatic rings. The van der Waals surface area contributed by atoms with Gasteiger partial charge in [-0.1, -0.05) is 63.3 Å². The topological polar surface area (TPSA) is 21.6 Å². The summed E-state index contributed by atoms with van der Waals surface area (Å²) in [6, 6.07) is 10.2. The third kappa shape index (κ3) is 3.34. The Balaban J connectivity index is 2.11. The fraction of sp³-hybridized carbons (Fsp3) is 0.353. The molecular formula is C17H21NO. The average molecular weight is 255 g/mol. The normalized spacial score (nSPS) is 23.2. The highest BCUT2D eigenvalue weighted by Gasteiger charge is 2.33. The summed E-state index contributed by atoms with van der Waals surface area (Å²) in [6.07, 6.45) is 5.93. The molecule has 0 unspecified atom stereocenters. The standard InChI is InChI=1S/C17H21NO/c1-5-14-15(19-16(18-14)17(2,3)4)12-11-13-9-7-6-8-10-13/h5-12,14-15H,1H2,2-4H3/b12-11+/t14-,15+/m1/s1. The maximum Gasteiger partial charge on any atom is 0.190 e. The first-order valence-corrected chi connectivity index (χ1v) is 6.61. The highest BCUT2D eigenvalue weighted by Crippen LogP contribution is 2.27. The van der Waals surface area contributed by atoms with Crippen molar-refractivity contribution < 1.29 is 4.74 Å². The Morgan fingerprint density at radius 1 is 1.21 bits per heavy atom. The Labute approximate surface area is 115 Å². The van der Waals surface area contributed by atoms with Crippen LogP contribution in [0.1, 0.15) is 26.3 Å². The van der Waals surface area contributed by atoms with Crippen molar-refractivity contribution in [2.75, 3.05) is 0 Å². The van der Waals surface area contributed by atoms with Crippen LogP contribution in [0.25, 0.3) is 6.08 Å². The summed E-state index contributed by atoms with van der Waals surface area (Å²) in [4.78, 5) is 4.60. The zero-order valence-corrected chi connectivity index (χ0v) is 11.8. The summed E-state index contributed by atoms with van der Waals surface area (Å²) in [7, 11) is 0. The van der Waals surface area contributed by atoms with Crippen molar-refractivity contribution in [3.8, 4) is 0 Å². The van der Waals surface area contributed by atoms with Gasteiger partial charge in [-0.05, 0) is 11.6 Å². The van der Waals surface area contributed by atoms with Gasteiger partial charge in [0.1, 0.15) is 12.1 Å². The van der Waals surface area contributed by atoms with Crippen molar-refractivity contribution in [1.29, 1.82) is 0 Å². The second-order valence-corrected chi connectivity index (χ2v) is 5.76. The van der Waals surface area contributed by atoms with Crippen molar-refractivity contribution in [2.45, 2.75) is 32.9 Å². The minimum Gasteiger partial charge on any atom is -0.470 e. The number of hydrogen-bond acceptors (Lipinski definition) is 2. The van der Waals surface area contributed by atoms with E-state index in [-0.39, 0.29) is 17.6 Å². The van der Waals surface area contributed by atoms with Crippen molar-refractivity contribution in [3.63, 3.8) is 0 Å². The lowest BCUT2D eigenvalue weighted by atomic mass is 9.97. The molecule has 0 aliphatic carbocycles. The van der Waals surface area contributed by atoms with Crippen LogP contribution in [0.5, 0.6) is 0 Å². The Morgan fingerprint density at radius 3 is 2.47 bits per heavy atom. The van der Waals surface area contributed by atoms with E-state index in [1.165, 1.54) is 0 Å². The fourth-order valence-corrected chi connectivity index (χ4v) is 1.92. The van der Waals surface area contributed by atoms with E-state index in [9.17, 15) is 0 Å². The molecule has 0 bridgehead atoms. The summed E-state index contributed by atoms with van der Waals surface area (Å²) in [5.41, 5.74) is 1.11. The molecule has 0 N–H and O–H groups in total. The first-order valence-electron chi connectivity index (χ1n) is 6.61. The summed E-state index contributed by atoms with van der Waals surface area (Å²) in [5.74, 6) is 0.806. The van der Waals surface area contributed by atoms with E-state index in [2.05, 4.69) is 56.6 Å². The van der Waals surface area contributed by atoms with Crippen LogP contribution in [0.15, 0.2) is 54.1 Å². The van der Waals surface area contributed by atoms with E-state index in [0.717, 1.165) is 11.5 Å². The van der Waals surface area contributed by atoms with E-state index < -0.39 is 0 Å². The molecule has 0 fully saturated rings. The van der Waals surface area contributed by atoms with E-state index in [1.54, 1.807) is 0 Å². The monoisotopic (exact) mass is 255 g/mol. The van der Waals surface area contributed by atoms with E-state index >= 15 is 0 Å². The van der Waals surface area contributed by atoms with Crippen LogP contribution in [-0.2, 0) is 4.74 Å². The summed E-state index contributed by atoms with van der Waals surface area (Å²) < 4.78 is 5.94. The minimum atomic E-state index is -0.0589. The lowest BCUT2D eigenvalue weighted by molar-refractivity contribution is 0.229. The third-order valence-corrected chi connectivity index (χ3v) is 3.01. The molecule has 0 spiro atoms. The van der Waals surface area contributed by atoms with Gasteiger partial charge in [0.2, 0.25) is 0 Å². The first kappa shape index (κ1) is 13.6. The molecule has 1 aromatic carbocycles. The highest BCUT2D eigenvalue weighted by molar-refractivity contribution is 5.83. The Hall–Kier alpha value is -1.83. The van der Waals surface area contributed by atoms with Gasteiger partial charge in [0.05, 0.1) is 0 Å². The minimum absolute atomic E-state index is 0.00851. The lowest BCUT2D eigenvalue weighted by Gasteiger charge is -2.19. The molecule has 2 rings (SSSR count). The number of nitrogens with zero attached hydrogens (tertiary/aromatic N) is 1. The quantitative estimate of drug-likeness (QED) is 0.745. The van der Waals surface area contributed by atoms with Crippen LogP contribution >= 0.6 is 0 Å². The van der Waals surface area contributed by atoms with Gasteiger partial charge in [-0.25, -0.2) is 4.99 Å². The molecule has 1 heterocycles. The Bertz CT molecular complexity index is 494. The van der Waals surface area contributed by atoms with Gasteiger partial charge < -0.3 is 4.74 Å². The van der Waals surface area contributed by atoms with E-state index in [4.69, 9.17) is 4.74 Å². The molecule has 0 aromatic heterocycles. The third-order valence-electron chi connectivity index (χ3n) is 3.01. The van der Waals surface area contributed by atoms with Crippen LogP contribution in [0.2, 0.25) is 0 Å². The van der Waals surface area contributed by atoms with Gasteiger partial charge in [-0.3, -0.25) is 0 Å². The Kier molecular flexibility index (Phi) is 3.89. The molecule has 0 saturated heterocycles. The number of rotatable bonds is 3. The molecular weight excluding hydrogens is 234 g/mol. The predicted octanol–water partition coefficient (Wildman–Crippen LogP) is 4.10. The van der Waals surface area contributed by atoms with Crippen molar-refractivity contribution in [2.24, 2.45) is 10.4 Å². The zero-order chi connectivity index (χ0) is 13.9. The SMILES string of the molecule is C=C[C@H]1N=C(C(C)(C)C)O[C@H]1/C=C/c1ccccc1. The summed E-state index contributed by atoms with van der Waals surface area (Å²) in [6.45, 7) is 10.2. The van der Waals surface area contributed by atoms with Crippen molar-refractivity contribution in [1.82, 2.24) is 0 Å². The van der Waals surface area contributed by atoms with Crippen molar-refractivity contribution >= 4 is 12.0 Å². The van der Waals surface area contributed by atoms with Gasteiger partial charge in [-0.2, -0.15) is 0 Å². The lowest BCUT2D eigenvalue weighted by Crippen LogP contribution is -2.23. The summed E-state index contributed by atoms with van der Waals surface area (Å²) >= 11 is 0. The molecule has 2 heteroatoms. The molecule has 1 aliphatic rings. The van der Waals surface area contributed by atoms with E-state index in [0.29, 0.717) is 0 Å². The molecule has 0 saturated carbocycles. The van der Waals surface area contributed by atoms with Crippen LogP contribution < -0.4 is 0 Å². The molecule has 1 aliphatic heterocycles.